The highest BCUT2D eigenvalue weighted by atomic mass is 32.2. The quantitative estimate of drug-likeness (QED) is 0.0590. The van der Waals surface area contributed by atoms with E-state index in [1.54, 1.807) is 6.92 Å². The molecule has 17 nitrogen and oxygen atoms in total. The summed E-state index contributed by atoms with van der Waals surface area (Å²) in [6, 6.07) is 2.52. The molecule has 0 radical (unpaired) electrons. The predicted octanol–water partition coefficient (Wildman–Crippen LogP) is 2.12. The highest BCUT2D eigenvalue weighted by Gasteiger charge is 2.21. The number of allylic oxidation sites excluding steroid dienone is 3. The number of hydrogen-bond acceptors (Lipinski definition) is 16. The summed E-state index contributed by atoms with van der Waals surface area (Å²) in [4.78, 5) is -0.982. The Bertz CT molecular complexity index is 1890. The fourth-order valence-electron chi connectivity index (χ4n) is 3.58. The number of nitrogens with zero attached hydrogens (tertiary/aromatic N) is 4. The molecule has 0 aliphatic heterocycles. The van der Waals surface area contributed by atoms with Crippen molar-refractivity contribution >= 4 is 35.5 Å². The number of aliphatic hydroxyl groups excluding tert-OH is 2. The molecule has 0 atom stereocenters. The second-order valence-corrected chi connectivity index (χ2v) is 15.5. The Balaban J connectivity index is 3.63. The molecule has 1 aromatic carbocycles. The molecule has 0 amide bonds. The molecule has 0 aromatic heterocycles. The lowest BCUT2D eigenvalue weighted by Gasteiger charge is -2.11. The van der Waals surface area contributed by atoms with Gasteiger partial charge in [-0.2, -0.15) is 18.6 Å². The SMILES string of the molecule is C=C(C)/C=C(/N=N/C\C(N)=C(/C=C(/N=N/c1cc(C)c(S(=O)(=O)CCO)cc1OC)C(=C)N)S(=O)(=O)O)C(=C/CS(=O)(=O)CCO)\OC. The molecule has 7 N–H and O–H groups in total. The summed E-state index contributed by atoms with van der Waals surface area (Å²) >= 11 is 0. The Hall–Kier alpha value is -4.21. The first-order chi connectivity index (χ1) is 22.2. The summed E-state index contributed by atoms with van der Waals surface area (Å²) in [6.45, 7) is 8.58. The zero-order valence-electron chi connectivity index (χ0n) is 26.8. The smallest absolute Gasteiger partial charge is 0.296 e. The number of nitrogens with two attached hydrogens (primary N) is 2. The number of benzene rings is 1. The van der Waals surface area contributed by atoms with Crippen molar-refractivity contribution in [2.45, 2.75) is 18.7 Å². The van der Waals surface area contributed by atoms with Crippen molar-refractivity contribution in [1.29, 1.82) is 0 Å². The summed E-state index contributed by atoms with van der Waals surface area (Å²) in [7, 11) is -10.0. The molecule has 0 heterocycles. The zero-order chi connectivity index (χ0) is 36.9. The van der Waals surface area contributed by atoms with Gasteiger partial charge in [0.1, 0.15) is 40.0 Å². The van der Waals surface area contributed by atoms with Gasteiger partial charge >= 0.3 is 0 Å². The van der Waals surface area contributed by atoms with Crippen LogP contribution >= 0.6 is 0 Å². The molecule has 0 spiro atoms. The van der Waals surface area contributed by atoms with Gasteiger partial charge in [0, 0.05) is 6.07 Å². The van der Waals surface area contributed by atoms with E-state index in [2.05, 4.69) is 33.6 Å². The number of ether oxygens (including phenoxy) is 2. The van der Waals surface area contributed by atoms with Crippen LogP contribution in [0.3, 0.4) is 0 Å². The lowest BCUT2D eigenvalue weighted by molar-refractivity contribution is 0.298. The van der Waals surface area contributed by atoms with Crippen LogP contribution in [0.25, 0.3) is 0 Å². The van der Waals surface area contributed by atoms with Crippen molar-refractivity contribution in [3.05, 3.63) is 88.1 Å². The fourth-order valence-corrected chi connectivity index (χ4v) is 6.38. The summed E-state index contributed by atoms with van der Waals surface area (Å²) < 4.78 is 94.0. The zero-order valence-corrected chi connectivity index (χ0v) is 29.3. The Kier molecular flexibility index (Phi) is 16.0. The molecule has 0 aliphatic rings. The molecule has 0 aliphatic carbocycles. The van der Waals surface area contributed by atoms with Crippen LogP contribution in [0.5, 0.6) is 5.75 Å². The maximum Gasteiger partial charge on any atom is 0.296 e. The number of sulfone groups is 2. The van der Waals surface area contributed by atoms with Crippen LogP contribution in [0.2, 0.25) is 0 Å². The van der Waals surface area contributed by atoms with Gasteiger partial charge in [-0.15, -0.1) is 10.2 Å². The minimum atomic E-state index is -5.03. The molecular weight excluding hydrogens is 693 g/mol. The molecule has 0 unspecified atom stereocenters. The van der Waals surface area contributed by atoms with Crippen molar-refractivity contribution in [1.82, 2.24) is 0 Å². The Morgan fingerprint density at radius 3 is 2.08 bits per heavy atom. The van der Waals surface area contributed by atoms with Gasteiger partial charge < -0.3 is 31.2 Å². The standard InChI is InChI=1S/C28H40N6O11S3/c1-18(2)13-23(25(44-5)7-10-46(37,38)11-8-35)32-31-17-21(30)28(48(41,42)43)15-22(20(4)29)33-34-24-14-19(3)27(16-26(24)45-6)47(39,40)12-9-36/h7,13-16,35-36H,1,4,8-12,17,29-30H2,2-3,5-6H3,(H,41,42,43)/b22-15+,23-13+,25-7+,28-21-,32-31+,34-33+. The Morgan fingerprint density at radius 2 is 1.58 bits per heavy atom. The number of hydrogen-bond donors (Lipinski definition) is 5. The van der Waals surface area contributed by atoms with E-state index in [1.165, 1.54) is 45.4 Å². The lowest BCUT2D eigenvalue weighted by atomic mass is 10.2. The van der Waals surface area contributed by atoms with Gasteiger partial charge in [0.2, 0.25) is 0 Å². The van der Waals surface area contributed by atoms with E-state index in [9.17, 15) is 29.8 Å². The normalized spacial score (nSPS) is 14.4. The predicted molar refractivity (Wildman–Crippen MR) is 179 cm³/mol. The number of methoxy groups -OCH3 is 2. The summed E-state index contributed by atoms with van der Waals surface area (Å²) in [6.07, 6.45) is 3.39. The number of azo groups is 2. The second kappa shape index (κ2) is 18.4. The average molecular weight is 733 g/mol. The molecule has 0 saturated carbocycles. The van der Waals surface area contributed by atoms with Crippen molar-refractivity contribution in [3.63, 3.8) is 0 Å². The third kappa shape index (κ3) is 13.1. The van der Waals surface area contributed by atoms with Crippen LogP contribution < -0.4 is 16.2 Å². The van der Waals surface area contributed by atoms with E-state index in [-0.39, 0.29) is 44.7 Å². The van der Waals surface area contributed by atoms with Crippen molar-refractivity contribution < 1.29 is 49.5 Å². The Morgan fingerprint density at radius 1 is 0.958 bits per heavy atom. The van der Waals surface area contributed by atoms with E-state index < -0.39 is 77.4 Å². The van der Waals surface area contributed by atoms with Gasteiger partial charge in [-0.05, 0) is 43.7 Å². The maximum absolute atomic E-state index is 12.5. The lowest BCUT2D eigenvalue weighted by Crippen LogP contribution is -2.13. The summed E-state index contributed by atoms with van der Waals surface area (Å²) in [5.74, 6) is -1.52. The largest absolute Gasteiger partial charge is 0.495 e. The van der Waals surface area contributed by atoms with E-state index >= 15 is 0 Å². The van der Waals surface area contributed by atoms with Crippen molar-refractivity contribution in [2.24, 2.45) is 31.9 Å². The van der Waals surface area contributed by atoms with Crippen molar-refractivity contribution in [3.8, 4) is 5.75 Å². The van der Waals surface area contributed by atoms with Gasteiger partial charge in [0.05, 0.1) is 61.0 Å². The second-order valence-electron chi connectivity index (χ2n) is 9.84. The number of aliphatic hydroxyl groups is 2. The van der Waals surface area contributed by atoms with E-state index in [0.717, 1.165) is 6.08 Å². The molecule has 1 rings (SSSR count). The minimum Gasteiger partial charge on any atom is -0.495 e. The van der Waals surface area contributed by atoms with Crippen LogP contribution in [0.15, 0.2) is 108 Å². The summed E-state index contributed by atoms with van der Waals surface area (Å²) in [5, 5.41) is 33.8. The van der Waals surface area contributed by atoms with Gasteiger partial charge in [0.15, 0.2) is 19.7 Å². The first-order valence-corrected chi connectivity index (χ1v) is 18.5. The highest BCUT2D eigenvalue weighted by Crippen LogP contribution is 2.34. The molecule has 1 aromatic rings. The number of aryl methyl sites for hydroxylation is 1. The van der Waals surface area contributed by atoms with Crippen molar-refractivity contribution in [2.75, 3.05) is 51.2 Å². The average Bonchev–Trinajstić information content (AvgIpc) is 2.95. The van der Waals surface area contributed by atoms with Gasteiger partial charge in [-0.1, -0.05) is 18.7 Å². The highest BCUT2D eigenvalue weighted by molar-refractivity contribution is 7.91. The third-order valence-electron chi connectivity index (χ3n) is 5.83. The van der Waals surface area contributed by atoms with E-state index in [1.807, 2.05) is 0 Å². The van der Waals surface area contributed by atoms with Crippen LogP contribution in [-0.2, 0) is 34.5 Å². The first-order valence-electron chi connectivity index (χ1n) is 13.6. The molecule has 0 bridgehead atoms. The fraction of sp³-hybridized carbons (Fsp3) is 0.357. The van der Waals surface area contributed by atoms with Crippen LogP contribution in [0, 0.1) is 6.92 Å². The van der Waals surface area contributed by atoms with E-state index in [4.69, 9.17) is 31.2 Å². The molecule has 266 valence electrons. The molecular formula is C28H40N6O11S3. The molecule has 0 fully saturated rings. The minimum absolute atomic E-state index is 0.00481. The van der Waals surface area contributed by atoms with E-state index in [0.29, 0.717) is 5.57 Å². The van der Waals surface area contributed by atoms with Crippen LogP contribution in [-0.4, -0.2) is 91.3 Å². The van der Waals surface area contributed by atoms with Gasteiger partial charge in [-0.25, -0.2) is 16.8 Å². The molecule has 48 heavy (non-hydrogen) atoms. The topological polar surface area (TPSA) is 283 Å². The summed E-state index contributed by atoms with van der Waals surface area (Å²) in [5.41, 5.74) is 11.3. The number of rotatable bonds is 19. The van der Waals surface area contributed by atoms with Crippen LogP contribution in [0.4, 0.5) is 5.69 Å². The maximum atomic E-state index is 12.5. The van der Waals surface area contributed by atoms with Crippen LogP contribution in [0.1, 0.15) is 12.5 Å². The third-order valence-corrected chi connectivity index (χ3v) is 10.1. The first kappa shape index (κ1) is 41.8. The molecule has 0 saturated heterocycles. The Labute approximate surface area is 280 Å². The van der Waals surface area contributed by atoms with Gasteiger partial charge in [-0.3, -0.25) is 4.55 Å². The molecule has 20 heteroatoms. The van der Waals surface area contributed by atoms with Gasteiger partial charge in [0.25, 0.3) is 10.1 Å². The monoisotopic (exact) mass is 732 g/mol.